The lowest BCUT2D eigenvalue weighted by atomic mass is 10.1. The van der Waals surface area contributed by atoms with E-state index in [1.54, 1.807) is 0 Å². The van der Waals surface area contributed by atoms with E-state index in [1.807, 2.05) is 11.8 Å². The SMILES string of the molecule is CCCCCCCCCCCCN(CC)CC(=O)O. The van der Waals surface area contributed by atoms with Gasteiger partial charge in [0.2, 0.25) is 0 Å². The Balaban J connectivity index is 3.23. The van der Waals surface area contributed by atoms with E-state index in [2.05, 4.69) is 6.92 Å². The first-order valence-corrected chi connectivity index (χ1v) is 8.14. The summed E-state index contributed by atoms with van der Waals surface area (Å²) >= 11 is 0. The van der Waals surface area contributed by atoms with Crippen LogP contribution in [0.3, 0.4) is 0 Å². The van der Waals surface area contributed by atoms with Crippen molar-refractivity contribution in [2.75, 3.05) is 19.6 Å². The van der Waals surface area contributed by atoms with Crippen molar-refractivity contribution >= 4 is 5.97 Å². The molecule has 1 N–H and O–H groups in total. The summed E-state index contributed by atoms with van der Waals surface area (Å²) in [5.74, 6) is -0.714. The molecular weight excluding hydrogens is 238 g/mol. The molecule has 0 aliphatic heterocycles. The lowest BCUT2D eigenvalue weighted by molar-refractivity contribution is -0.138. The van der Waals surface area contributed by atoms with Crippen LogP contribution in [0.1, 0.15) is 78.1 Å². The number of nitrogens with zero attached hydrogens (tertiary/aromatic N) is 1. The Morgan fingerprint density at radius 3 is 1.74 bits per heavy atom. The average Bonchev–Trinajstić information content (AvgIpc) is 2.39. The van der Waals surface area contributed by atoms with E-state index in [0.717, 1.165) is 19.5 Å². The molecule has 19 heavy (non-hydrogen) atoms. The molecule has 0 unspecified atom stereocenters. The summed E-state index contributed by atoms with van der Waals surface area (Å²) in [6.07, 6.45) is 13.3. The summed E-state index contributed by atoms with van der Waals surface area (Å²) < 4.78 is 0. The fourth-order valence-electron chi connectivity index (χ4n) is 2.36. The highest BCUT2D eigenvalue weighted by Gasteiger charge is 2.06. The van der Waals surface area contributed by atoms with Gasteiger partial charge in [-0.05, 0) is 19.5 Å². The molecule has 3 nitrogen and oxygen atoms in total. The molecule has 0 saturated heterocycles. The van der Waals surface area contributed by atoms with E-state index >= 15 is 0 Å². The summed E-state index contributed by atoms with van der Waals surface area (Å²) in [5.41, 5.74) is 0. The number of rotatable bonds is 14. The molecule has 0 radical (unpaired) electrons. The van der Waals surface area contributed by atoms with Gasteiger partial charge < -0.3 is 5.11 Å². The molecule has 0 aromatic rings. The predicted molar refractivity (Wildman–Crippen MR) is 81.6 cm³/mol. The lowest BCUT2D eigenvalue weighted by Crippen LogP contribution is -2.30. The maximum Gasteiger partial charge on any atom is 0.317 e. The highest BCUT2D eigenvalue weighted by Crippen LogP contribution is 2.10. The van der Waals surface area contributed by atoms with Gasteiger partial charge in [-0.3, -0.25) is 9.69 Å². The summed E-state index contributed by atoms with van der Waals surface area (Å²) in [6.45, 7) is 6.24. The van der Waals surface area contributed by atoms with Crippen molar-refractivity contribution in [1.82, 2.24) is 4.90 Å². The van der Waals surface area contributed by atoms with Gasteiger partial charge in [-0.2, -0.15) is 0 Å². The van der Waals surface area contributed by atoms with Gasteiger partial charge in [-0.25, -0.2) is 0 Å². The van der Waals surface area contributed by atoms with Gasteiger partial charge in [0, 0.05) is 0 Å². The van der Waals surface area contributed by atoms with Gasteiger partial charge in [0.15, 0.2) is 0 Å². The van der Waals surface area contributed by atoms with Crippen molar-refractivity contribution in [1.29, 1.82) is 0 Å². The van der Waals surface area contributed by atoms with Crippen LogP contribution in [-0.2, 0) is 4.79 Å². The number of likely N-dealkylation sites (N-methyl/N-ethyl adjacent to an activating group) is 1. The Bertz CT molecular complexity index is 207. The minimum absolute atomic E-state index is 0.188. The third-order valence-electron chi connectivity index (χ3n) is 3.63. The highest BCUT2D eigenvalue weighted by atomic mass is 16.4. The average molecular weight is 271 g/mol. The van der Waals surface area contributed by atoms with Crippen molar-refractivity contribution in [3.05, 3.63) is 0 Å². The minimum Gasteiger partial charge on any atom is -0.480 e. The third kappa shape index (κ3) is 13.7. The molecule has 3 heteroatoms. The topological polar surface area (TPSA) is 40.5 Å². The van der Waals surface area contributed by atoms with E-state index in [9.17, 15) is 4.79 Å². The molecule has 0 bridgehead atoms. The van der Waals surface area contributed by atoms with E-state index < -0.39 is 5.97 Å². The van der Waals surface area contributed by atoms with Crippen LogP contribution in [0.15, 0.2) is 0 Å². The monoisotopic (exact) mass is 271 g/mol. The quantitative estimate of drug-likeness (QED) is 0.478. The van der Waals surface area contributed by atoms with Crippen LogP contribution in [0.4, 0.5) is 0 Å². The van der Waals surface area contributed by atoms with E-state index in [-0.39, 0.29) is 6.54 Å². The lowest BCUT2D eigenvalue weighted by Gasteiger charge is -2.17. The molecule has 0 aromatic carbocycles. The van der Waals surface area contributed by atoms with E-state index in [4.69, 9.17) is 5.11 Å². The fourth-order valence-corrected chi connectivity index (χ4v) is 2.36. The smallest absolute Gasteiger partial charge is 0.317 e. The molecular formula is C16H33NO2. The number of unbranched alkanes of at least 4 members (excludes halogenated alkanes) is 9. The Kier molecular flexibility index (Phi) is 13.4. The Hall–Kier alpha value is -0.570. The van der Waals surface area contributed by atoms with Crippen LogP contribution in [0.5, 0.6) is 0 Å². The molecule has 0 heterocycles. The zero-order valence-corrected chi connectivity index (χ0v) is 13.0. The van der Waals surface area contributed by atoms with Crippen molar-refractivity contribution in [2.45, 2.75) is 78.1 Å². The Morgan fingerprint density at radius 1 is 0.842 bits per heavy atom. The zero-order valence-electron chi connectivity index (χ0n) is 13.0. The minimum atomic E-state index is -0.714. The number of carboxylic acid groups (broad SMARTS) is 1. The van der Waals surface area contributed by atoms with Crippen molar-refractivity contribution in [2.24, 2.45) is 0 Å². The van der Waals surface area contributed by atoms with E-state index in [1.165, 1.54) is 57.8 Å². The highest BCUT2D eigenvalue weighted by molar-refractivity contribution is 5.69. The Labute approximate surface area is 119 Å². The molecule has 0 aliphatic rings. The summed E-state index contributed by atoms with van der Waals surface area (Å²) in [6, 6.07) is 0. The van der Waals surface area contributed by atoms with Gasteiger partial charge >= 0.3 is 5.97 Å². The normalized spacial score (nSPS) is 11.1. The number of hydrogen-bond acceptors (Lipinski definition) is 2. The van der Waals surface area contributed by atoms with Crippen LogP contribution in [0, 0.1) is 0 Å². The maximum atomic E-state index is 10.6. The number of carboxylic acids is 1. The van der Waals surface area contributed by atoms with Crippen LogP contribution in [-0.4, -0.2) is 35.6 Å². The molecule has 114 valence electrons. The molecule has 0 atom stereocenters. The van der Waals surface area contributed by atoms with Crippen LogP contribution >= 0.6 is 0 Å². The molecule has 0 fully saturated rings. The number of carbonyl (C=O) groups is 1. The first-order chi connectivity index (χ1) is 9.20. The molecule has 0 saturated carbocycles. The summed E-state index contributed by atoms with van der Waals surface area (Å²) in [7, 11) is 0. The van der Waals surface area contributed by atoms with Crippen molar-refractivity contribution in [3.8, 4) is 0 Å². The molecule has 0 aromatic heterocycles. The fraction of sp³-hybridized carbons (Fsp3) is 0.938. The predicted octanol–water partition coefficient (Wildman–Crippen LogP) is 4.31. The molecule has 0 aliphatic carbocycles. The second-order valence-corrected chi connectivity index (χ2v) is 5.44. The molecule has 0 spiro atoms. The van der Waals surface area contributed by atoms with Gasteiger partial charge in [0.25, 0.3) is 0 Å². The second kappa shape index (κ2) is 13.9. The van der Waals surface area contributed by atoms with Crippen molar-refractivity contribution in [3.63, 3.8) is 0 Å². The molecule has 0 amide bonds. The first kappa shape index (κ1) is 18.4. The van der Waals surface area contributed by atoms with E-state index in [0.29, 0.717) is 0 Å². The summed E-state index contributed by atoms with van der Waals surface area (Å²) in [5, 5.41) is 8.73. The largest absolute Gasteiger partial charge is 0.480 e. The third-order valence-corrected chi connectivity index (χ3v) is 3.63. The van der Waals surface area contributed by atoms with Crippen LogP contribution in [0.25, 0.3) is 0 Å². The first-order valence-electron chi connectivity index (χ1n) is 8.14. The maximum absolute atomic E-state index is 10.6. The standard InChI is InChI=1S/C16H33NO2/c1-3-5-6-7-8-9-10-11-12-13-14-17(4-2)15-16(18)19/h3-15H2,1-2H3,(H,18,19). The van der Waals surface area contributed by atoms with Crippen molar-refractivity contribution < 1.29 is 9.90 Å². The number of hydrogen-bond donors (Lipinski definition) is 1. The van der Waals surface area contributed by atoms with Crippen LogP contribution in [0.2, 0.25) is 0 Å². The Morgan fingerprint density at radius 2 is 1.32 bits per heavy atom. The summed E-state index contributed by atoms with van der Waals surface area (Å²) in [4.78, 5) is 12.6. The van der Waals surface area contributed by atoms with Gasteiger partial charge in [-0.15, -0.1) is 0 Å². The van der Waals surface area contributed by atoms with Gasteiger partial charge in [0.05, 0.1) is 6.54 Å². The van der Waals surface area contributed by atoms with Gasteiger partial charge in [-0.1, -0.05) is 71.6 Å². The molecule has 0 rings (SSSR count). The second-order valence-electron chi connectivity index (χ2n) is 5.44. The van der Waals surface area contributed by atoms with Crippen LogP contribution < -0.4 is 0 Å². The van der Waals surface area contributed by atoms with Gasteiger partial charge in [0.1, 0.15) is 0 Å². The zero-order chi connectivity index (χ0) is 14.3. The number of aliphatic carboxylic acids is 1.